The summed E-state index contributed by atoms with van der Waals surface area (Å²) in [4.78, 5) is 9.29. The molecular weight excluding hydrogens is 497 g/mol. The Bertz CT molecular complexity index is 954. The minimum absolute atomic E-state index is 0.0820. The van der Waals surface area contributed by atoms with Gasteiger partial charge in [-0.15, -0.1) is 0 Å². The summed E-state index contributed by atoms with van der Waals surface area (Å²) < 4.78 is 40.9. The molecule has 2 aliphatic rings. The molecule has 2 aliphatic heterocycles. The van der Waals surface area contributed by atoms with Gasteiger partial charge in [0.2, 0.25) is 0 Å². The van der Waals surface area contributed by atoms with Gasteiger partial charge in [0.25, 0.3) is 0 Å². The molecule has 3 rings (SSSR count). The van der Waals surface area contributed by atoms with Crippen LogP contribution in [0.4, 0.5) is 18.9 Å². The predicted octanol–water partition coefficient (Wildman–Crippen LogP) is 8.44. The van der Waals surface area contributed by atoms with Crippen LogP contribution >= 0.6 is 11.6 Å². The lowest BCUT2D eigenvalue weighted by molar-refractivity contribution is -0.0916. The van der Waals surface area contributed by atoms with Gasteiger partial charge in [0, 0.05) is 52.9 Å². The van der Waals surface area contributed by atoms with Crippen molar-refractivity contribution in [2.45, 2.75) is 78.4 Å². The lowest BCUT2D eigenvalue weighted by Crippen LogP contribution is -2.43. The Morgan fingerprint density at radius 2 is 1.76 bits per heavy atom. The van der Waals surface area contributed by atoms with Crippen molar-refractivity contribution >= 4 is 23.5 Å². The van der Waals surface area contributed by atoms with Gasteiger partial charge in [-0.25, -0.2) is 4.99 Å². The van der Waals surface area contributed by atoms with Gasteiger partial charge in [-0.1, -0.05) is 51.4 Å². The third kappa shape index (κ3) is 9.86. The molecule has 1 aromatic rings. The number of hydrogen-bond donors (Lipinski definition) is 1. The third-order valence-electron chi connectivity index (χ3n) is 6.43. The molecular formula is C29H42ClF3N4. The summed E-state index contributed by atoms with van der Waals surface area (Å²) in [5.74, 6) is 0.713. The van der Waals surface area contributed by atoms with Crippen molar-refractivity contribution in [2.75, 3.05) is 31.5 Å². The fourth-order valence-electron chi connectivity index (χ4n) is 4.51. The van der Waals surface area contributed by atoms with E-state index in [0.717, 1.165) is 39.3 Å². The Kier molecular flexibility index (Phi) is 12.7. The van der Waals surface area contributed by atoms with Crippen molar-refractivity contribution in [1.29, 1.82) is 0 Å². The zero-order chi connectivity index (χ0) is 27.4. The summed E-state index contributed by atoms with van der Waals surface area (Å²) in [6.45, 7) is 15.2. The van der Waals surface area contributed by atoms with Crippen molar-refractivity contribution in [1.82, 2.24) is 9.80 Å². The van der Waals surface area contributed by atoms with E-state index in [1.807, 2.05) is 13.0 Å². The van der Waals surface area contributed by atoms with Crippen LogP contribution in [0.25, 0.3) is 0 Å². The van der Waals surface area contributed by atoms with Crippen LogP contribution in [0.2, 0.25) is 5.02 Å². The Hall–Kier alpha value is -2.25. The van der Waals surface area contributed by atoms with Crippen LogP contribution in [0.15, 0.2) is 64.6 Å². The Balaban J connectivity index is 0.00000153. The van der Waals surface area contributed by atoms with E-state index in [1.165, 1.54) is 38.6 Å². The summed E-state index contributed by atoms with van der Waals surface area (Å²) in [6, 6.07) is 7.37. The van der Waals surface area contributed by atoms with Crippen molar-refractivity contribution in [3.8, 4) is 0 Å². The molecule has 0 saturated carbocycles. The quantitative estimate of drug-likeness (QED) is 0.266. The van der Waals surface area contributed by atoms with Gasteiger partial charge < -0.3 is 15.1 Å². The Morgan fingerprint density at radius 3 is 2.30 bits per heavy atom. The summed E-state index contributed by atoms with van der Waals surface area (Å²) in [5, 5.41) is 3.42. The number of benzene rings is 1. The molecule has 37 heavy (non-hydrogen) atoms. The predicted molar refractivity (Wildman–Crippen MR) is 151 cm³/mol. The fourth-order valence-corrected chi connectivity index (χ4v) is 4.70. The zero-order valence-electron chi connectivity index (χ0n) is 22.7. The number of alkyl halides is 3. The second-order valence-corrected chi connectivity index (χ2v) is 9.98. The second-order valence-electron chi connectivity index (χ2n) is 9.55. The van der Waals surface area contributed by atoms with Gasteiger partial charge in [0.1, 0.15) is 5.82 Å². The third-order valence-corrected chi connectivity index (χ3v) is 6.67. The van der Waals surface area contributed by atoms with Crippen LogP contribution in [0.5, 0.6) is 0 Å². The molecule has 0 spiro atoms. The lowest BCUT2D eigenvalue weighted by atomic mass is 10.0. The number of nitrogens with zero attached hydrogens (tertiary/aromatic N) is 3. The average Bonchev–Trinajstić information content (AvgIpc) is 3.38. The highest BCUT2D eigenvalue weighted by Crippen LogP contribution is 2.31. The molecule has 1 N–H and O–H groups in total. The Labute approximate surface area is 226 Å². The van der Waals surface area contributed by atoms with Crippen molar-refractivity contribution < 1.29 is 13.2 Å². The number of halogens is 4. The molecule has 0 radical (unpaired) electrons. The number of rotatable bonds is 8. The molecule has 0 aliphatic carbocycles. The number of aliphatic imine (C=N–C) groups is 1. The van der Waals surface area contributed by atoms with E-state index >= 15 is 0 Å². The van der Waals surface area contributed by atoms with E-state index < -0.39 is 11.7 Å². The zero-order valence-corrected chi connectivity index (χ0v) is 23.4. The van der Waals surface area contributed by atoms with Crippen molar-refractivity contribution in [3.05, 3.63) is 64.6 Å². The van der Waals surface area contributed by atoms with Gasteiger partial charge >= 0.3 is 6.18 Å². The lowest BCUT2D eigenvalue weighted by Gasteiger charge is -2.37. The van der Waals surface area contributed by atoms with E-state index in [2.05, 4.69) is 40.5 Å². The first-order chi connectivity index (χ1) is 17.6. The number of hydrogen-bond acceptors (Lipinski definition) is 4. The molecule has 0 bridgehead atoms. The molecule has 2 heterocycles. The van der Waals surface area contributed by atoms with Gasteiger partial charge in [0.15, 0.2) is 0 Å². The van der Waals surface area contributed by atoms with E-state index in [1.54, 1.807) is 24.3 Å². The molecule has 0 aromatic heterocycles. The van der Waals surface area contributed by atoms with E-state index in [0.29, 0.717) is 22.6 Å². The molecule has 1 aromatic carbocycles. The summed E-state index contributed by atoms with van der Waals surface area (Å²) in [7, 11) is 0. The highest BCUT2D eigenvalue weighted by atomic mass is 35.5. The number of nitrogens with one attached hydrogen (secondary N) is 1. The molecule has 206 valence electrons. The first-order valence-electron chi connectivity index (χ1n) is 13.3. The van der Waals surface area contributed by atoms with Gasteiger partial charge in [0.05, 0.1) is 0 Å². The van der Waals surface area contributed by atoms with Gasteiger partial charge in [-0.3, -0.25) is 0 Å². The molecule has 4 nitrogen and oxygen atoms in total. The molecule has 2 saturated heterocycles. The van der Waals surface area contributed by atoms with Crippen LogP contribution in [-0.2, 0) is 0 Å². The van der Waals surface area contributed by atoms with Gasteiger partial charge in [-0.2, -0.15) is 13.2 Å². The monoisotopic (exact) mass is 538 g/mol. The molecule has 0 unspecified atom stereocenters. The molecule has 0 amide bonds. The smallest absolute Gasteiger partial charge is 0.357 e. The average molecular weight is 539 g/mol. The van der Waals surface area contributed by atoms with Crippen LogP contribution < -0.4 is 5.32 Å². The molecule has 0 atom stereocenters. The normalized spacial score (nSPS) is 18.5. The van der Waals surface area contributed by atoms with E-state index in [-0.39, 0.29) is 11.3 Å². The first-order valence-corrected chi connectivity index (χ1v) is 13.7. The standard InChI is InChI=1S/C26H34ClF3N4.C3H8/c1-4-8-25(34-15-11-23(12-16-34)33-13-5-6-14-33)31-18-24(19(2)26(28,29)30)20(3)32-22-10-7-9-21(27)17-22;1-3-2/h7-10,17-18,23,32H,3-6,11-16H2,1-2H3;3H2,1-2H3/b24-19-,25-8-,31-18-;. The summed E-state index contributed by atoms with van der Waals surface area (Å²) in [6.07, 6.45) is 5.39. The highest BCUT2D eigenvalue weighted by Gasteiger charge is 2.33. The minimum Gasteiger partial charge on any atom is -0.357 e. The highest BCUT2D eigenvalue weighted by molar-refractivity contribution is 6.30. The van der Waals surface area contributed by atoms with Gasteiger partial charge in [-0.05, 0) is 76.4 Å². The maximum Gasteiger partial charge on any atom is 0.413 e. The van der Waals surface area contributed by atoms with Crippen molar-refractivity contribution in [2.24, 2.45) is 4.99 Å². The van der Waals surface area contributed by atoms with E-state index in [4.69, 9.17) is 11.6 Å². The SMILES string of the molecule is C=C(Nc1cccc(Cl)c1)C(/C=N\C(=C\CC)N1CCC(N2CCCC2)CC1)=C(/C)C(F)(F)F.CCC. The maximum atomic E-state index is 13.6. The van der Waals surface area contributed by atoms with Crippen LogP contribution in [-0.4, -0.2) is 54.4 Å². The molecule has 2 fully saturated rings. The number of piperidine rings is 1. The van der Waals surface area contributed by atoms with Crippen LogP contribution in [0.1, 0.15) is 66.2 Å². The number of allylic oxidation sites excluding steroid dienone is 3. The molecule has 8 heteroatoms. The number of anilines is 1. The van der Waals surface area contributed by atoms with Crippen LogP contribution in [0.3, 0.4) is 0 Å². The van der Waals surface area contributed by atoms with E-state index in [9.17, 15) is 13.2 Å². The summed E-state index contributed by atoms with van der Waals surface area (Å²) >= 11 is 6.01. The fraction of sp³-hybridized carbons (Fsp3) is 0.552. The number of likely N-dealkylation sites (tertiary alicyclic amines) is 2. The maximum absolute atomic E-state index is 13.6. The van der Waals surface area contributed by atoms with Crippen LogP contribution in [0, 0.1) is 0 Å². The second kappa shape index (κ2) is 15.2. The summed E-state index contributed by atoms with van der Waals surface area (Å²) in [5.41, 5.74) is -0.156. The first kappa shape index (κ1) is 31.0. The topological polar surface area (TPSA) is 30.9 Å². The van der Waals surface area contributed by atoms with Crippen molar-refractivity contribution in [3.63, 3.8) is 0 Å². The largest absolute Gasteiger partial charge is 0.413 e. The minimum atomic E-state index is -4.50. The Morgan fingerprint density at radius 1 is 1.14 bits per heavy atom.